The van der Waals surface area contributed by atoms with Crippen molar-refractivity contribution in [3.8, 4) is 0 Å². The molecule has 0 amide bonds. The molecule has 1 saturated carbocycles. The molecule has 10 heavy (non-hydrogen) atoms. The molecule has 0 aromatic heterocycles. The highest BCUT2D eigenvalue weighted by Crippen LogP contribution is 2.41. The first-order valence-corrected chi connectivity index (χ1v) is 3.67. The van der Waals surface area contributed by atoms with Gasteiger partial charge in [-0.15, -0.1) is 0 Å². The molecule has 0 aliphatic heterocycles. The van der Waals surface area contributed by atoms with Crippen molar-refractivity contribution in [2.24, 2.45) is 5.92 Å². The van der Waals surface area contributed by atoms with E-state index in [2.05, 4.69) is 0 Å². The van der Waals surface area contributed by atoms with Crippen molar-refractivity contribution in [2.45, 2.75) is 32.3 Å². The zero-order chi connectivity index (χ0) is 7.78. The van der Waals surface area contributed by atoms with Crippen LogP contribution in [0.1, 0.15) is 26.7 Å². The first kappa shape index (κ1) is 7.73. The minimum atomic E-state index is -0.486. The van der Waals surface area contributed by atoms with Gasteiger partial charge in [0.25, 0.3) is 0 Å². The number of hydrogen-bond acceptors (Lipinski definition) is 2. The quantitative estimate of drug-likeness (QED) is 0.595. The van der Waals surface area contributed by atoms with Crippen LogP contribution in [0, 0.1) is 5.92 Å². The van der Waals surface area contributed by atoms with Gasteiger partial charge in [0.05, 0.1) is 0 Å². The van der Waals surface area contributed by atoms with Gasteiger partial charge in [0, 0.05) is 7.11 Å². The standard InChI is InChI=1S/C8H14O2/c1-6(9)8(2,10-3)7-4-5-7/h7H,4-5H2,1-3H3. The average molecular weight is 142 g/mol. The van der Waals surface area contributed by atoms with E-state index in [1.807, 2.05) is 6.92 Å². The summed E-state index contributed by atoms with van der Waals surface area (Å²) in [6.07, 6.45) is 2.29. The predicted molar refractivity (Wildman–Crippen MR) is 38.8 cm³/mol. The molecule has 1 aliphatic carbocycles. The van der Waals surface area contributed by atoms with Gasteiger partial charge in [-0.3, -0.25) is 4.79 Å². The normalized spacial score (nSPS) is 23.9. The molecule has 58 valence electrons. The zero-order valence-electron chi connectivity index (χ0n) is 6.81. The highest BCUT2D eigenvalue weighted by atomic mass is 16.5. The number of carbonyl (C=O) groups is 1. The van der Waals surface area contributed by atoms with Gasteiger partial charge in [0.1, 0.15) is 5.60 Å². The van der Waals surface area contributed by atoms with Gasteiger partial charge < -0.3 is 4.74 Å². The van der Waals surface area contributed by atoms with Crippen molar-refractivity contribution < 1.29 is 9.53 Å². The summed E-state index contributed by atoms with van der Waals surface area (Å²) in [5, 5.41) is 0. The maximum Gasteiger partial charge on any atom is 0.161 e. The van der Waals surface area contributed by atoms with E-state index < -0.39 is 5.60 Å². The predicted octanol–water partition coefficient (Wildman–Crippen LogP) is 1.39. The van der Waals surface area contributed by atoms with Crippen LogP contribution >= 0.6 is 0 Å². The van der Waals surface area contributed by atoms with Gasteiger partial charge in [-0.1, -0.05) is 0 Å². The molecule has 0 spiro atoms. The van der Waals surface area contributed by atoms with E-state index in [1.165, 1.54) is 0 Å². The van der Waals surface area contributed by atoms with Gasteiger partial charge in [0.15, 0.2) is 5.78 Å². The summed E-state index contributed by atoms with van der Waals surface area (Å²) in [5.41, 5.74) is -0.486. The summed E-state index contributed by atoms with van der Waals surface area (Å²) in [7, 11) is 1.61. The molecule has 0 radical (unpaired) electrons. The van der Waals surface area contributed by atoms with Crippen LogP contribution in [0.15, 0.2) is 0 Å². The third-order valence-corrected chi connectivity index (χ3v) is 2.48. The van der Waals surface area contributed by atoms with E-state index in [9.17, 15) is 4.79 Å². The molecule has 1 atom stereocenters. The maximum atomic E-state index is 11.1. The fourth-order valence-electron chi connectivity index (χ4n) is 1.23. The van der Waals surface area contributed by atoms with Crippen molar-refractivity contribution in [3.05, 3.63) is 0 Å². The van der Waals surface area contributed by atoms with Crippen molar-refractivity contribution in [2.75, 3.05) is 7.11 Å². The third kappa shape index (κ3) is 1.08. The van der Waals surface area contributed by atoms with Gasteiger partial charge in [-0.25, -0.2) is 0 Å². The minimum absolute atomic E-state index is 0.150. The number of Topliss-reactive ketones (excluding diaryl/α,β-unsaturated/α-hetero) is 1. The summed E-state index contributed by atoms with van der Waals surface area (Å²) < 4.78 is 5.17. The lowest BCUT2D eigenvalue weighted by Crippen LogP contribution is -2.37. The molecule has 1 unspecified atom stereocenters. The smallest absolute Gasteiger partial charge is 0.161 e. The number of ketones is 1. The van der Waals surface area contributed by atoms with Crippen LogP contribution in [0.5, 0.6) is 0 Å². The van der Waals surface area contributed by atoms with Crippen LogP contribution in [0.2, 0.25) is 0 Å². The second kappa shape index (κ2) is 2.35. The molecule has 2 heteroatoms. The van der Waals surface area contributed by atoms with Gasteiger partial charge in [-0.05, 0) is 32.6 Å². The zero-order valence-corrected chi connectivity index (χ0v) is 6.81. The van der Waals surface area contributed by atoms with Crippen molar-refractivity contribution in [3.63, 3.8) is 0 Å². The van der Waals surface area contributed by atoms with Crippen LogP contribution < -0.4 is 0 Å². The lowest BCUT2D eigenvalue weighted by atomic mass is 9.96. The Labute approximate surface area is 61.6 Å². The Kier molecular flexibility index (Phi) is 1.82. The Morgan fingerprint density at radius 1 is 1.60 bits per heavy atom. The first-order valence-electron chi connectivity index (χ1n) is 3.67. The van der Waals surface area contributed by atoms with E-state index in [0.29, 0.717) is 5.92 Å². The fourth-order valence-corrected chi connectivity index (χ4v) is 1.23. The average Bonchev–Trinajstić information content (AvgIpc) is 2.67. The van der Waals surface area contributed by atoms with Crippen molar-refractivity contribution in [1.29, 1.82) is 0 Å². The van der Waals surface area contributed by atoms with E-state index in [1.54, 1.807) is 14.0 Å². The fraction of sp³-hybridized carbons (Fsp3) is 0.875. The molecule has 0 aromatic carbocycles. The number of carbonyl (C=O) groups excluding carboxylic acids is 1. The van der Waals surface area contributed by atoms with Crippen LogP contribution in [0.25, 0.3) is 0 Å². The Morgan fingerprint density at radius 3 is 2.20 bits per heavy atom. The summed E-state index contributed by atoms with van der Waals surface area (Å²) in [5.74, 6) is 0.632. The minimum Gasteiger partial charge on any atom is -0.370 e. The highest BCUT2D eigenvalue weighted by molar-refractivity contribution is 5.85. The van der Waals surface area contributed by atoms with E-state index in [4.69, 9.17) is 4.74 Å². The molecule has 0 N–H and O–H groups in total. The molecule has 0 saturated heterocycles. The molecular weight excluding hydrogens is 128 g/mol. The Morgan fingerprint density at radius 2 is 2.10 bits per heavy atom. The van der Waals surface area contributed by atoms with Crippen molar-refractivity contribution in [1.82, 2.24) is 0 Å². The molecule has 0 bridgehead atoms. The molecule has 0 aromatic rings. The molecule has 1 fully saturated rings. The second-order valence-electron chi connectivity index (χ2n) is 3.14. The third-order valence-electron chi connectivity index (χ3n) is 2.48. The summed E-state index contributed by atoms with van der Waals surface area (Å²) in [6, 6.07) is 0. The lowest BCUT2D eigenvalue weighted by Gasteiger charge is -2.24. The second-order valence-corrected chi connectivity index (χ2v) is 3.14. The summed E-state index contributed by atoms with van der Waals surface area (Å²) in [6.45, 7) is 3.48. The van der Waals surface area contributed by atoms with Gasteiger partial charge in [-0.2, -0.15) is 0 Å². The van der Waals surface area contributed by atoms with Gasteiger partial charge >= 0.3 is 0 Å². The van der Waals surface area contributed by atoms with Crippen molar-refractivity contribution >= 4 is 5.78 Å². The largest absolute Gasteiger partial charge is 0.370 e. The number of ether oxygens (including phenoxy) is 1. The van der Waals surface area contributed by atoms with Gasteiger partial charge in [0.2, 0.25) is 0 Å². The summed E-state index contributed by atoms with van der Waals surface area (Å²) in [4.78, 5) is 11.1. The summed E-state index contributed by atoms with van der Waals surface area (Å²) >= 11 is 0. The van der Waals surface area contributed by atoms with Crippen LogP contribution in [-0.4, -0.2) is 18.5 Å². The van der Waals surface area contributed by atoms with Crippen LogP contribution in [0.3, 0.4) is 0 Å². The SMILES string of the molecule is COC(C)(C(C)=O)C1CC1. The number of rotatable bonds is 3. The van der Waals surface area contributed by atoms with Crippen LogP contribution in [0.4, 0.5) is 0 Å². The number of hydrogen-bond donors (Lipinski definition) is 0. The molecule has 2 nitrogen and oxygen atoms in total. The monoisotopic (exact) mass is 142 g/mol. The highest BCUT2D eigenvalue weighted by Gasteiger charge is 2.45. The van der Waals surface area contributed by atoms with E-state index in [-0.39, 0.29) is 5.78 Å². The molecular formula is C8H14O2. The van der Waals surface area contributed by atoms with E-state index >= 15 is 0 Å². The molecule has 1 aliphatic rings. The Balaban J connectivity index is 2.65. The molecule has 0 heterocycles. The maximum absolute atomic E-state index is 11.1. The first-order chi connectivity index (χ1) is 4.61. The Hall–Kier alpha value is -0.370. The Bertz CT molecular complexity index is 149. The van der Waals surface area contributed by atoms with E-state index in [0.717, 1.165) is 12.8 Å². The lowest BCUT2D eigenvalue weighted by molar-refractivity contribution is -0.139. The van der Waals surface area contributed by atoms with Crippen LogP contribution in [-0.2, 0) is 9.53 Å². The molecule has 1 rings (SSSR count). The topological polar surface area (TPSA) is 26.3 Å². The number of methoxy groups -OCH3 is 1.